The summed E-state index contributed by atoms with van der Waals surface area (Å²) in [5.41, 5.74) is 2.05. The first-order chi connectivity index (χ1) is 8.29. The van der Waals surface area contributed by atoms with Gasteiger partial charge in [-0.05, 0) is 36.0 Å². The smallest absolute Gasteiger partial charge is 0.251 e. The number of benzene rings is 1. The van der Waals surface area contributed by atoms with Crippen LogP contribution in [0.25, 0.3) is 0 Å². The van der Waals surface area contributed by atoms with Gasteiger partial charge < -0.3 is 10.6 Å². The standard InChI is InChI=1S/C14H18N2O/c1-2-9-3-5-10(6-4-9)14(17)16-13-11-7-15-8-12(11)13/h3-6,11-13,15H,2,7-8H2,1H3,(H,16,17). The van der Waals surface area contributed by atoms with Crippen LogP contribution in [0.4, 0.5) is 0 Å². The molecule has 2 atom stereocenters. The van der Waals surface area contributed by atoms with E-state index in [-0.39, 0.29) is 5.91 Å². The third-order valence-corrected chi connectivity index (χ3v) is 4.01. The van der Waals surface area contributed by atoms with Gasteiger partial charge in [-0.1, -0.05) is 19.1 Å². The van der Waals surface area contributed by atoms with Crippen molar-refractivity contribution in [3.8, 4) is 0 Å². The molecule has 1 amide bonds. The van der Waals surface area contributed by atoms with Crippen molar-refractivity contribution in [3.63, 3.8) is 0 Å². The van der Waals surface area contributed by atoms with E-state index in [0.717, 1.165) is 25.1 Å². The molecule has 1 aliphatic heterocycles. The topological polar surface area (TPSA) is 41.1 Å². The molecule has 3 nitrogen and oxygen atoms in total. The van der Waals surface area contributed by atoms with Gasteiger partial charge in [0.1, 0.15) is 0 Å². The average Bonchev–Trinajstić information content (AvgIpc) is 2.80. The van der Waals surface area contributed by atoms with Gasteiger partial charge in [-0.2, -0.15) is 0 Å². The highest BCUT2D eigenvalue weighted by Gasteiger charge is 2.53. The third kappa shape index (κ3) is 1.95. The number of carbonyl (C=O) groups is 1. The molecule has 0 spiro atoms. The van der Waals surface area contributed by atoms with E-state index in [2.05, 4.69) is 17.6 Å². The zero-order valence-electron chi connectivity index (χ0n) is 10.1. The van der Waals surface area contributed by atoms with Crippen LogP contribution in [0.1, 0.15) is 22.8 Å². The number of hydrogen-bond donors (Lipinski definition) is 2. The van der Waals surface area contributed by atoms with Gasteiger partial charge in [0.15, 0.2) is 0 Å². The molecule has 3 rings (SSSR count). The summed E-state index contributed by atoms with van der Waals surface area (Å²) in [6.07, 6.45) is 1.01. The third-order valence-electron chi connectivity index (χ3n) is 4.01. The van der Waals surface area contributed by atoms with Crippen LogP contribution in [-0.2, 0) is 6.42 Å². The van der Waals surface area contributed by atoms with Gasteiger partial charge in [0.05, 0.1) is 0 Å². The number of fused-ring (bicyclic) bond motifs is 1. The molecule has 0 radical (unpaired) electrons. The van der Waals surface area contributed by atoms with Crippen LogP contribution in [-0.4, -0.2) is 25.0 Å². The second-order valence-corrected chi connectivity index (χ2v) is 5.04. The van der Waals surface area contributed by atoms with Gasteiger partial charge in [-0.25, -0.2) is 0 Å². The number of amides is 1. The Bertz CT molecular complexity index is 416. The van der Waals surface area contributed by atoms with Crippen molar-refractivity contribution in [2.45, 2.75) is 19.4 Å². The molecule has 1 saturated carbocycles. The molecule has 2 fully saturated rings. The van der Waals surface area contributed by atoms with Crippen LogP contribution in [0.3, 0.4) is 0 Å². The van der Waals surface area contributed by atoms with Gasteiger partial charge in [0.2, 0.25) is 0 Å². The maximum Gasteiger partial charge on any atom is 0.251 e. The highest BCUT2D eigenvalue weighted by molar-refractivity contribution is 5.94. The SMILES string of the molecule is CCc1ccc(C(=O)NC2C3CNCC32)cc1. The summed E-state index contributed by atoms with van der Waals surface area (Å²) in [4.78, 5) is 12.0. The largest absolute Gasteiger partial charge is 0.349 e. The van der Waals surface area contributed by atoms with E-state index in [1.165, 1.54) is 5.56 Å². The van der Waals surface area contributed by atoms with Crippen molar-refractivity contribution in [3.05, 3.63) is 35.4 Å². The maximum absolute atomic E-state index is 12.0. The molecular formula is C14H18N2O. The van der Waals surface area contributed by atoms with Crippen LogP contribution >= 0.6 is 0 Å². The van der Waals surface area contributed by atoms with Crippen molar-refractivity contribution in [2.24, 2.45) is 11.8 Å². The number of hydrogen-bond acceptors (Lipinski definition) is 2. The molecular weight excluding hydrogens is 212 g/mol. The quantitative estimate of drug-likeness (QED) is 0.819. The second kappa shape index (κ2) is 4.15. The van der Waals surface area contributed by atoms with E-state index in [4.69, 9.17) is 0 Å². The molecule has 17 heavy (non-hydrogen) atoms. The second-order valence-electron chi connectivity index (χ2n) is 5.04. The van der Waals surface area contributed by atoms with Crippen molar-refractivity contribution in [2.75, 3.05) is 13.1 Å². The first-order valence-corrected chi connectivity index (χ1v) is 6.40. The fourth-order valence-electron chi connectivity index (χ4n) is 2.76. The Labute approximate surface area is 102 Å². The lowest BCUT2D eigenvalue weighted by atomic mass is 10.1. The average molecular weight is 230 g/mol. The number of nitrogens with one attached hydrogen (secondary N) is 2. The van der Waals surface area contributed by atoms with E-state index < -0.39 is 0 Å². The van der Waals surface area contributed by atoms with Crippen molar-refractivity contribution < 1.29 is 4.79 Å². The number of carbonyl (C=O) groups excluding carboxylic acids is 1. The van der Waals surface area contributed by atoms with Crippen LogP contribution in [0.5, 0.6) is 0 Å². The maximum atomic E-state index is 12.0. The summed E-state index contributed by atoms with van der Waals surface area (Å²) in [7, 11) is 0. The van der Waals surface area contributed by atoms with E-state index in [1.807, 2.05) is 24.3 Å². The number of aryl methyl sites for hydroxylation is 1. The van der Waals surface area contributed by atoms with Crippen LogP contribution in [0.15, 0.2) is 24.3 Å². The zero-order chi connectivity index (χ0) is 11.8. The highest BCUT2D eigenvalue weighted by Crippen LogP contribution is 2.41. The van der Waals surface area contributed by atoms with Crippen LogP contribution in [0, 0.1) is 11.8 Å². The predicted octanol–water partition coefficient (Wildman–Crippen LogP) is 1.20. The molecule has 2 unspecified atom stereocenters. The highest BCUT2D eigenvalue weighted by atomic mass is 16.1. The Morgan fingerprint density at radius 2 is 1.94 bits per heavy atom. The Morgan fingerprint density at radius 3 is 2.53 bits per heavy atom. The molecule has 0 bridgehead atoms. The van der Waals surface area contributed by atoms with E-state index >= 15 is 0 Å². The molecule has 2 N–H and O–H groups in total. The fourth-order valence-corrected chi connectivity index (χ4v) is 2.76. The molecule has 1 heterocycles. The van der Waals surface area contributed by atoms with E-state index in [0.29, 0.717) is 17.9 Å². The first-order valence-electron chi connectivity index (χ1n) is 6.40. The number of piperidine rings is 1. The first kappa shape index (κ1) is 10.8. The van der Waals surface area contributed by atoms with E-state index in [1.54, 1.807) is 0 Å². The van der Waals surface area contributed by atoms with Crippen molar-refractivity contribution in [1.29, 1.82) is 0 Å². The summed E-state index contributed by atoms with van der Waals surface area (Å²) < 4.78 is 0. The van der Waals surface area contributed by atoms with Gasteiger partial charge >= 0.3 is 0 Å². The van der Waals surface area contributed by atoms with Crippen molar-refractivity contribution >= 4 is 5.91 Å². The number of rotatable bonds is 3. The molecule has 1 aliphatic carbocycles. The van der Waals surface area contributed by atoms with Crippen molar-refractivity contribution in [1.82, 2.24) is 10.6 Å². The van der Waals surface area contributed by atoms with Gasteiger partial charge in [-0.3, -0.25) is 4.79 Å². The molecule has 2 aliphatic rings. The van der Waals surface area contributed by atoms with Gasteiger partial charge in [0.25, 0.3) is 5.91 Å². The lowest BCUT2D eigenvalue weighted by Gasteiger charge is -2.08. The predicted molar refractivity (Wildman–Crippen MR) is 66.9 cm³/mol. The minimum absolute atomic E-state index is 0.0760. The minimum atomic E-state index is 0.0760. The Hall–Kier alpha value is -1.35. The molecule has 1 aromatic rings. The summed E-state index contributed by atoms with van der Waals surface area (Å²) >= 11 is 0. The normalized spacial score (nSPS) is 29.8. The molecule has 90 valence electrons. The van der Waals surface area contributed by atoms with Crippen LogP contribution in [0.2, 0.25) is 0 Å². The summed E-state index contributed by atoms with van der Waals surface area (Å²) in [6.45, 7) is 4.24. The van der Waals surface area contributed by atoms with Gasteiger partial charge in [0, 0.05) is 24.7 Å². The molecule has 0 aromatic heterocycles. The Morgan fingerprint density at radius 1 is 1.29 bits per heavy atom. The summed E-state index contributed by atoms with van der Waals surface area (Å²) in [5.74, 6) is 1.43. The Kier molecular flexibility index (Phi) is 2.63. The summed E-state index contributed by atoms with van der Waals surface area (Å²) in [6, 6.07) is 8.32. The summed E-state index contributed by atoms with van der Waals surface area (Å²) in [5, 5.41) is 6.46. The minimum Gasteiger partial charge on any atom is -0.349 e. The molecule has 3 heteroatoms. The monoisotopic (exact) mass is 230 g/mol. The Balaban J connectivity index is 1.62. The molecule has 1 saturated heterocycles. The fraction of sp³-hybridized carbons (Fsp3) is 0.500. The zero-order valence-corrected chi connectivity index (χ0v) is 10.1. The molecule has 1 aromatic carbocycles. The van der Waals surface area contributed by atoms with Gasteiger partial charge in [-0.15, -0.1) is 0 Å². The lowest BCUT2D eigenvalue weighted by Crippen LogP contribution is -2.32. The lowest BCUT2D eigenvalue weighted by molar-refractivity contribution is 0.0946. The van der Waals surface area contributed by atoms with E-state index in [9.17, 15) is 4.79 Å². The van der Waals surface area contributed by atoms with Crippen LogP contribution < -0.4 is 10.6 Å².